The van der Waals surface area contributed by atoms with Crippen LogP contribution >= 0.6 is 0 Å². The lowest BCUT2D eigenvalue weighted by molar-refractivity contribution is 0.0888. The number of aliphatic hydroxyl groups excluding tert-OH is 1. The maximum Gasteiger partial charge on any atom is 0.0558 e. The molecule has 0 aromatic heterocycles. The van der Waals surface area contributed by atoms with E-state index in [4.69, 9.17) is 5.11 Å². The van der Waals surface area contributed by atoms with Gasteiger partial charge in [-0.05, 0) is 29.3 Å². The highest BCUT2D eigenvalue weighted by molar-refractivity contribution is 5.83. The molecule has 0 amide bonds. The monoisotopic (exact) mass is 284 g/mol. The van der Waals surface area contributed by atoms with E-state index < -0.39 is 0 Å². The highest BCUT2D eigenvalue weighted by atomic mass is 16.3. The molecule has 0 saturated carbocycles. The predicted molar refractivity (Wildman–Crippen MR) is 87.5 cm³/mol. The van der Waals surface area contributed by atoms with Gasteiger partial charge in [-0.2, -0.15) is 0 Å². The van der Waals surface area contributed by atoms with Crippen LogP contribution in [0.2, 0.25) is 0 Å². The fraction of sp³-hybridized carbons (Fsp3) is 0.444. The Balaban J connectivity index is 1.70. The van der Waals surface area contributed by atoms with Crippen LogP contribution in [-0.2, 0) is 0 Å². The predicted octanol–water partition coefficient (Wildman–Crippen LogP) is 2.51. The van der Waals surface area contributed by atoms with Crippen LogP contribution in [0, 0.1) is 0 Å². The lowest BCUT2D eigenvalue weighted by Crippen LogP contribution is -2.47. The van der Waals surface area contributed by atoms with Gasteiger partial charge in [0.2, 0.25) is 0 Å². The number of hydrogen-bond acceptors (Lipinski definition) is 3. The maximum atomic E-state index is 9.02. The summed E-state index contributed by atoms with van der Waals surface area (Å²) in [7, 11) is 0. The topological polar surface area (TPSA) is 26.7 Å². The Bertz CT molecular complexity index is 591. The van der Waals surface area contributed by atoms with Crippen LogP contribution in [0.1, 0.15) is 18.5 Å². The van der Waals surface area contributed by atoms with Crippen molar-refractivity contribution in [2.45, 2.75) is 13.0 Å². The van der Waals surface area contributed by atoms with Crippen molar-refractivity contribution >= 4 is 10.8 Å². The molecule has 2 aromatic carbocycles. The first-order valence-corrected chi connectivity index (χ1v) is 7.84. The average Bonchev–Trinajstić information content (AvgIpc) is 2.55. The molecule has 112 valence electrons. The van der Waals surface area contributed by atoms with Crippen LogP contribution in [0.15, 0.2) is 42.5 Å². The van der Waals surface area contributed by atoms with E-state index in [1.165, 1.54) is 16.3 Å². The van der Waals surface area contributed by atoms with Gasteiger partial charge in [-0.25, -0.2) is 0 Å². The number of nitrogens with zero attached hydrogens (tertiary/aromatic N) is 2. The van der Waals surface area contributed by atoms with Gasteiger partial charge in [0.15, 0.2) is 0 Å². The number of β-amino-alcohol motifs (C(OH)–C–C–N with tert-alkyl or cyclic N) is 1. The molecule has 0 bridgehead atoms. The molecule has 3 nitrogen and oxygen atoms in total. The fourth-order valence-corrected chi connectivity index (χ4v) is 3.19. The Morgan fingerprint density at radius 2 is 1.71 bits per heavy atom. The summed E-state index contributed by atoms with van der Waals surface area (Å²) >= 11 is 0. The Hall–Kier alpha value is -1.42. The molecule has 2 aromatic rings. The Morgan fingerprint density at radius 3 is 2.43 bits per heavy atom. The van der Waals surface area contributed by atoms with Crippen molar-refractivity contribution < 1.29 is 5.11 Å². The SMILES string of the molecule is CC(c1ccc2ccccc2c1)N1CCN(CCO)CC1. The second kappa shape index (κ2) is 6.56. The van der Waals surface area contributed by atoms with E-state index in [1.807, 2.05) is 0 Å². The molecule has 1 saturated heterocycles. The minimum absolute atomic E-state index is 0.264. The van der Waals surface area contributed by atoms with E-state index in [0.29, 0.717) is 6.04 Å². The summed E-state index contributed by atoms with van der Waals surface area (Å²) in [6, 6.07) is 15.8. The summed E-state index contributed by atoms with van der Waals surface area (Å²) in [5, 5.41) is 11.6. The van der Waals surface area contributed by atoms with E-state index in [9.17, 15) is 0 Å². The van der Waals surface area contributed by atoms with Crippen molar-refractivity contribution in [1.29, 1.82) is 0 Å². The molecule has 0 aliphatic carbocycles. The highest BCUT2D eigenvalue weighted by Crippen LogP contribution is 2.25. The zero-order valence-corrected chi connectivity index (χ0v) is 12.7. The molecule has 0 radical (unpaired) electrons. The average molecular weight is 284 g/mol. The van der Waals surface area contributed by atoms with Crippen LogP contribution in [0.25, 0.3) is 10.8 Å². The van der Waals surface area contributed by atoms with Crippen molar-refractivity contribution in [2.24, 2.45) is 0 Å². The Kier molecular flexibility index (Phi) is 4.54. The Morgan fingerprint density at radius 1 is 1.00 bits per heavy atom. The second-order valence-electron chi connectivity index (χ2n) is 5.88. The first-order valence-electron chi connectivity index (χ1n) is 7.84. The van der Waals surface area contributed by atoms with Gasteiger partial charge in [-0.1, -0.05) is 36.4 Å². The zero-order chi connectivity index (χ0) is 14.7. The summed E-state index contributed by atoms with van der Waals surface area (Å²) in [5.41, 5.74) is 1.39. The molecule has 3 heteroatoms. The van der Waals surface area contributed by atoms with E-state index >= 15 is 0 Å². The van der Waals surface area contributed by atoms with Crippen molar-refractivity contribution in [2.75, 3.05) is 39.3 Å². The normalized spacial score (nSPS) is 19.0. The first kappa shape index (κ1) is 14.5. The third kappa shape index (κ3) is 3.26. The highest BCUT2D eigenvalue weighted by Gasteiger charge is 2.21. The number of fused-ring (bicyclic) bond motifs is 1. The van der Waals surface area contributed by atoms with Crippen molar-refractivity contribution in [3.8, 4) is 0 Å². The summed E-state index contributed by atoms with van der Waals surface area (Å²) < 4.78 is 0. The number of benzene rings is 2. The van der Waals surface area contributed by atoms with Gasteiger partial charge in [0.25, 0.3) is 0 Å². The summed E-state index contributed by atoms with van der Waals surface area (Å²) in [4.78, 5) is 4.88. The van der Waals surface area contributed by atoms with Gasteiger partial charge in [0.1, 0.15) is 0 Å². The van der Waals surface area contributed by atoms with Crippen LogP contribution in [0.3, 0.4) is 0 Å². The van der Waals surface area contributed by atoms with Crippen LogP contribution in [0.5, 0.6) is 0 Å². The summed E-state index contributed by atoms with van der Waals surface area (Å²) in [6.07, 6.45) is 0. The summed E-state index contributed by atoms with van der Waals surface area (Å²) in [5.74, 6) is 0. The fourth-order valence-electron chi connectivity index (χ4n) is 3.19. The standard InChI is InChI=1S/C18H24N2O/c1-15(20-10-8-19(9-11-20)12-13-21)17-7-6-16-4-2-3-5-18(16)14-17/h2-7,14-15,21H,8-13H2,1H3. The maximum absolute atomic E-state index is 9.02. The number of hydrogen-bond donors (Lipinski definition) is 1. The Labute approximate surface area is 126 Å². The third-order valence-corrected chi connectivity index (χ3v) is 4.63. The molecular weight excluding hydrogens is 260 g/mol. The first-order chi connectivity index (χ1) is 10.3. The third-order valence-electron chi connectivity index (χ3n) is 4.63. The van der Waals surface area contributed by atoms with E-state index in [0.717, 1.165) is 32.7 Å². The molecule has 21 heavy (non-hydrogen) atoms. The summed E-state index contributed by atoms with van der Waals surface area (Å²) in [6.45, 7) is 7.63. The molecule has 1 atom stereocenters. The van der Waals surface area contributed by atoms with Gasteiger partial charge < -0.3 is 5.11 Å². The quantitative estimate of drug-likeness (QED) is 0.934. The van der Waals surface area contributed by atoms with E-state index in [1.54, 1.807) is 0 Å². The molecule has 1 N–H and O–H groups in total. The van der Waals surface area contributed by atoms with E-state index in [2.05, 4.69) is 59.2 Å². The van der Waals surface area contributed by atoms with Crippen LogP contribution < -0.4 is 0 Å². The minimum atomic E-state index is 0.264. The molecule has 1 fully saturated rings. The molecule has 3 rings (SSSR count). The smallest absolute Gasteiger partial charge is 0.0558 e. The zero-order valence-electron chi connectivity index (χ0n) is 12.7. The van der Waals surface area contributed by atoms with Crippen LogP contribution in [0.4, 0.5) is 0 Å². The van der Waals surface area contributed by atoms with Gasteiger partial charge in [-0.15, -0.1) is 0 Å². The van der Waals surface area contributed by atoms with Crippen molar-refractivity contribution in [1.82, 2.24) is 9.80 Å². The van der Waals surface area contributed by atoms with Gasteiger partial charge >= 0.3 is 0 Å². The molecule has 1 unspecified atom stereocenters. The van der Waals surface area contributed by atoms with Gasteiger partial charge in [-0.3, -0.25) is 9.80 Å². The minimum Gasteiger partial charge on any atom is -0.395 e. The number of piperazine rings is 1. The van der Waals surface area contributed by atoms with E-state index in [-0.39, 0.29) is 6.61 Å². The largest absolute Gasteiger partial charge is 0.395 e. The molecule has 0 spiro atoms. The lowest BCUT2D eigenvalue weighted by Gasteiger charge is -2.38. The molecule has 1 heterocycles. The van der Waals surface area contributed by atoms with Crippen LogP contribution in [-0.4, -0.2) is 54.2 Å². The van der Waals surface area contributed by atoms with Crippen molar-refractivity contribution in [3.63, 3.8) is 0 Å². The molecule has 1 aliphatic heterocycles. The van der Waals surface area contributed by atoms with Crippen molar-refractivity contribution in [3.05, 3.63) is 48.0 Å². The molecular formula is C18H24N2O. The lowest BCUT2D eigenvalue weighted by atomic mass is 10.0. The van der Waals surface area contributed by atoms with Gasteiger partial charge in [0.05, 0.1) is 6.61 Å². The second-order valence-corrected chi connectivity index (χ2v) is 5.88. The number of aliphatic hydroxyl groups is 1. The molecule has 1 aliphatic rings. The number of rotatable bonds is 4. The van der Waals surface area contributed by atoms with Gasteiger partial charge in [0, 0.05) is 38.8 Å².